The molecule has 7 nitrogen and oxygen atoms in total. The Hall–Kier alpha value is -3.97. The van der Waals surface area contributed by atoms with Gasteiger partial charge in [-0.25, -0.2) is 0 Å². The molecule has 1 heterocycles. The number of nitrogens with zero attached hydrogens (tertiary/aromatic N) is 1. The quantitative estimate of drug-likeness (QED) is 0.354. The molecule has 5 rings (SSSR count). The highest BCUT2D eigenvalue weighted by Crippen LogP contribution is 2.49. The van der Waals surface area contributed by atoms with Gasteiger partial charge < -0.3 is 25.0 Å². The van der Waals surface area contributed by atoms with E-state index in [1.807, 2.05) is 59.5 Å². The number of ketones is 1. The molecule has 1 aliphatic carbocycles. The van der Waals surface area contributed by atoms with Crippen LogP contribution in [0, 0.1) is 5.41 Å². The van der Waals surface area contributed by atoms with Crippen LogP contribution in [0.1, 0.15) is 43.9 Å². The van der Waals surface area contributed by atoms with Crippen molar-refractivity contribution in [3.8, 4) is 11.5 Å². The molecule has 1 unspecified atom stereocenters. The van der Waals surface area contributed by atoms with Crippen LogP contribution < -0.4 is 25.0 Å². The second-order valence-electron chi connectivity index (χ2n) is 11.0. The second kappa shape index (κ2) is 11.3. The van der Waals surface area contributed by atoms with Crippen molar-refractivity contribution in [3.63, 3.8) is 0 Å². The lowest BCUT2D eigenvalue weighted by Gasteiger charge is -2.38. The van der Waals surface area contributed by atoms with E-state index in [0.29, 0.717) is 41.5 Å². The number of hydrogen-bond donors (Lipinski definition) is 2. The van der Waals surface area contributed by atoms with Crippen molar-refractivity contribution < 1.29 is 19.1 Å². The number of Topliss-reactive ketones (excluding diaryl/α,β-unsaturated/α-hetero) is 1. The van der Waals surface area contributed by atoms with Crippen molar-refractivity contribution in [2.75, 3.05) is 31.0 Å². The Kier molecular flexibility index (Phi) is 7.76. The lowest BCUT2D eigenvalue weighted by molar-refractivity contribution is -0.120. The van der Waals surface area contributed by atoms with Gasteiger partial charge in [0.1, 0.15) is 0 Å². The molecule has 40 heavy (non-hydrogen) atoms. The van der Waals surface area contributed by atoms with Gasteiger partial charge >= 0.3 is 0 Å². The Bertz CT molecular complexity index is 1470. The van der Waals surface area contributed by atoms with E-state index in [4.69, 9.17) is 21.1 Å². The zero-order chi connectivity index (χ0) is 28.4. The van der Waals surface area contributed by atoms with Gasteiger partial charge in [-0.05, 0) is 59.4 Å². The molecule has 1 atom stereocenters. The molecule has 8 heteroatoms. The zero-order valence-corrected chi connectivity index (χ0v) is 24.0. The number of carbonyl (C=O) groups excluding carboxylic acids is 2. The summed E-state index contributed by atoms with van der Waals surface area (Å²) in [6.07, 6.45) is 1.13. The molecule has 0 bridgehead atoms. The van der Waals surface area contributed by atoms with E-state index in [0.717, 1.165) is 28.2 Å². The summed E-state index contributed by atoms with van der Waals surface area (Å²) in [4.78, 5) is 29.4. The SMILES string of the molecule is COc1ccc(C2C3=C(CC(C)(C)CC3=O)Nc3ccccc3N2CC(=O)NCc2ccc(Cl)cc2)cc1OC. The van der Waals surface area contributed by atoms with Gasteiger partial charge in [-0.15, -0.1) is 0 Å². The highest BCUT2D eigenvalue weighted by atomic mass is 35.5. The van der Waals surface area contributed by atoms with E-state index in [1.165, 1.54) is 0 Å². The fourth-order valence-corrected chi connectivity index (χ4v) is 5.74. The molecule has 0 saturated carbocycles. The number of hydrogen-bond acceptors (Lipinski definition) is 6. The first kappa shape index (κ1) is 27.6. The lowest BCUT2D eigenvalue weighted by atomic mass is 9.73. The Morgan fingerprint density at radius 3 is 2.48 bits per heavy atom. The van der Waals surface area contributed by atoms with E-state index < -0.39 is 6.04 Å². The van der Waals surface area contributed by atoms with Crippen molar-refractivity contribution in [3.05, 3.63) is 94.1 Å². The predicted octanol–water partition coefficient (Wildman–Crippen LogP) is 6.29. The summed E-state index contributed by atoms with van der Waals surface area (Å²) in [6, 6.07) is 20.4. The minimum absolute atomic E-state index is 0.0404. The number of fused-ring (bicyclic) bond motifs is 1. The summed E-state index contributed by atoms with van der Waals surface area (Å²) >= 11 is 6.02. The maximum atomic E-state index is 13.9. The van der Waals surface area contributed by atoms with E-state index >= 15 is 0 Å². The fourth-order valence-electron chi connectivity index (χ4n) is 5.61. The topological polar surface area (TPSA) is 79.9 Å². The molecule has 0 spiro atoms. The molecule has 1 aliphatic heterocycles. The first-order valence-corrected chi connectivity index (χ1v) is 13.7. The minimum atomic E-state index is -0.518. The van der Waals surface area contributed by atoms with Gasteiger partial charge in [-0.3, -0.25) is 9.59 Å². The van der Waals surface area contributed by atoms with Crippen LogP contribution in [-0.2, 0) is 16.1 Å². The maximum absolute atomic E-state index is 13.9. The zero-order valence-electron chi connectivity index (χ0n) is 23.2. The van der Waals surface area contributed by atoms with Crippen molar-refractivity contribution >= 4 is 34.7 Å². The molecule has 0 fully saturated rings. The first-order valence-electron chi connectivity index (χ1n) is 13.3. The van der Waals surface area contributed by atoms with Gasteiger partial charge in [-0.1, -0.05) is 55.8 Å². The summed E-state index contributed by atoms with van der Waals surface area (Å²) in [5, 5.41) is 7.26. The average molecular weight is 560 g/mol. The number of nitrogens with one attached hydrogen (secondary N) is 2. The van der Waals surface area contributed by atoms with Crippen LogP contribution in [0.5, 0.6) is 11.5 Å². The standard InChI is InChI=1S/C32H34ClN3O4/c1-32(2)16-24-30(26(37)17-32)31(21-11-14-27(39-3)28(15-21)40-4)36(25-8-6-5-7-23(25)35-24)19-29(38)34-18-20-9-12-22(33)13-10-20/h5-15,31,35H,16-19H2,1-4H3,(H,34,38). The largest absolute Gasteiger partial charge is 0.493 e. The number of carbonyl (C=O) groups is 2. The molecule has 3 aromatic carbocycles. The van der Waals surface area contributed by atoms with Crippen LogP contribution in [0.2, 0.25) is 5.02 Å². The van der Waals surface area contributed by atoms with Crippen molar-refractivity contribution in [1.29, 1.82) is 0 Å². The third-order valence-corrected chi connectivity index (χ3v) is 7.70. The van der Waals surface area contributed by atoms with E-state index in [-0.39, 0.29) is 23.7 Å². The lowest BCUT2D eigenvalue weighted by Crippen LogP contribution is -2.41. The average Bonchev–Trinajstić information content (AvgIpc) is 3.06. The number of methoxy groups -OCH3 is 2. The van der Waals surface area contributed by atoms with Crippen LogP contribution in [0.3, 0.4) is 0 Å². The summed E-state index contributed by atoms with van der Waals surface area (Å²) < 4.78 is 11.1. The van der Waals surface area contributed by atoms with Crippen molar-refractivity contribution in [2.24, 2.45) is 5.41 Å². The molecule has 0 saturated heterocycles. The molecule has 2 N–H and O–H groups in total. The number of anilines is 2. The number of benzene rings is 3. The number of ether oxygens (including phenoxy) is 2. The van der Waals surface area contributed by atoms with Crippen LogP contribution in [0.4, 0.5) is 11.4 Å². The predicted molar refractivity (Wildman–Crippen MR) is 158 cm³/mol. The number of amides is 1. The normalized spacial score (nSPS) is 17.8. The highest BCUT2D eigenvalue weighted by molar-refractivity contribution is 6.30. The highest BCUT2D eigenvalue weighted by Gasteiger charge is 2.42. The summed E-state index contributed by atoms with van der Waals surface area (Å²) in [5.41, 5.74) is 4.85. The molecular formula is C32H34ClN3O4. The van der Waals surface area contributed by atoms with E-state index in [2.05, 4.69) is 24.5 Å². The molecule has 2 aliphatic rings. The number of para-hydroxylation sites is 2. The fraction of sp³-hybridized carbons (Fsp3) is 0.312. The Balaban J connectivity index is 1.60. The van der Waals surface area contributed by atoms with Gasteiger partial charge in [0.25, 0.3) is 0 Å². The second-order valence-corrected chi connectivity index (χ2v) is 11.5. The van der Waals surface area contributed by atoms with Gasteiger partial charge in [0.15, 0.2) is 17.3 Å². The molecule has 3 aromatic rings. The molecular weight excluding hydrogens is 526 g/mol. The first-order chi connectivity index (χ1) is 19.2. The summed E-state index contributed by atoms with van der Waals surface area (Å²) in [5.74, 6) is 1.06. The monoisotopic (exact) mass is 559 g/mol. The third kappa shape index (κ3) is 5.65. The van der Waals surface area contributed by atoms with E-state index in [1.54, 1.807) is 26.4 Å². The maximum Gasteiger partial charge on any atom is 0.239 e. The summed E-state index contributed by atoms with van der Waals surface area (Å²) in [6.45, 7) is 4.63. The number of rotatable bonds is 7. The Labute approximate surface area is 240 Å². The van der Waals surface area contributed by atoms with Crippen LogP contribution in [0.25, 0.3) is 0 Å². The van der Waals surface area contributed by atoms with Crippen LogP contribution in [0.15, 0.2) is 78.0 Å². The van der Waals surface area contributed by atoms with Crippen LogP contribution in [-0.4, -0.2) is 32.5 Å². The molecule has 0 aromatic heterocycles. The Morgan fingerprint density at radius 1 is 1.02 bits per heavy atom. The number of allylic oxidation sites excluding steroid dienone is 1. The number of halogens is 1. The van der Waals surface area contributed by atoms with Crippen LogP contribution >= 0.6 is 11.6 Å². The van der Waals surface area contributed by atoms with Gasteiger partial charge in [-0.2, -0.15) is 0 Å². The van der Waals surface area contributed by atoms with E-state index in [9.17, 15) is 9.59 Å². The van der Waals surface area contributed by atoms with Gasteiger partial charge in [0.05, 0.1) is 38.2 Å². The van der Waals surface area contributed by atoms with Gasteiger partial charge in [0, 0.05) is 29.3 Å². The summed E-state index contributed by atoms with van der Waals surface area (Å²) in [7, 11) is 3.18. The smallest absolute Gasteiger partial charge is 0.239 e. The Morgan fingerprint density at radius 2 is 1.75 bits per heavy atom. The molecule has 208 valence electrons. The van der Waals surface area contributed by atoms with Crippen molar-refractivity contribution in [1.82, 2.24) is 5.32 Å². The third-order valence-electron chi connectivity index (χ3n) is 7.44. The van der Waals surface area contributed by atoms with Gasteiger partial charge in [0.2, 0.25) is 5.91 Å². The van der Waals surface area contributed by atoms with Crippen molar-refractivity contribution in [2.45, 2.75) is 39.3 Å². The molecule has 1 amide bonds. The minimum Gasteiger partial charge on any atom is -0.493 e. The molecule has 0 radical (unpaired) electrons.